The number of hydrogen-bond acceptors (Lipinski definition) is 3. The molecule has 3 nitrogen and oxygen atoms in total. The molecule has 1 N–H and O–H groups in total. The van der Waals surface area contributed by atoms with Crippen LogP contribution >= 0.6 is 11.6 Å². The average Bonchev–Trinajstić information content (AvgIpc) is 2.89. The van der Waals surface area contributed by atoms with Crippen molar-refractivity contribution in [2.45, 2.75) is 37.3 Å². The minimum absolute atomic E-state index is 0.168. The summed E-state index contributed by atoms with van der Waals surface area (Å²) < 4.78 is 5.24. The van der Waals surface area contributed by atoms with Crippen molar-refractivity contribution in [1.82, 2.24) is 4.90 Å². The first-order valence-electron chi connectivity index (χ1n) is 6.70. The van der Waals surface area contributed by atoms with Gasteiger partial charge in [-0.25, -0.2) is 0 Å². The summed E-state index contributed by atoms with van der Waals surface area (Å²) >= 11 is 6.04. The highest BCUT2D eigenvalue weighted by molar-refractivity contribution is 6.32. The zero-order valence-corrected chi connectivity index (χ0v) is 12.6. The lowest BCUT2D eigenvalue weighted by Crippen LogP contribution is -2.47. The van der Waals surface area contributed by atoms with Crippen LogP contribution < -0.4 is 4.74 Å². The summed E-state index contributed by atoms with van der Waals surface area (Å²) in [5.41, 5.74) is 0.704. The lowest BCUT2D eigenvalue weighted by molar-refractivity contribution is -0.00484. The number of aliphatic hydroxyl groups is 1. The Morgan fingerprint density at radius 1 is 1.32 bits per heavy atom. The fourth-order valence-electron chi connectivity index (χ4n) is 3.11. The largest absolute Gasteiger partial charge is 0.495 e. The summed E-state index contributed by atoms with van der Waals surface area (Å²) in [6, 6.07) is 5.52. The normalized spacial score (nSPS) is 19.7. The van der Waals surface area contributed by atoms with Crippen LogP contribution in [0, 0.1) is 0 Å². The van der Waals surface area contributed by atoms with E-state index in [4.69, 9.17) is 16.3 Å². The smallest absolute Gasteiger partial charge is 0.137 e. The summed E-state index contributed by atoms with van der Waals surface area (Å²) in [5, 5.41) is 11.4. The average molecular weight is 284 g/mol. The second-order valence-corrected chi connectivity index (χ2v) is 5.91. The number of nitrogens with zero attached hydrogens (tertiary/aromatic N) is 1. The van der Waals surface area contributed by atoms with Crippen molar-refractivity contribution in [3.8, 4) is 5.75 Å². The molecule has 106 valence electrons. The van der Waals surface area contributed by atoms with Crippen LogP contribution in [0.4, 0.5) is 0 Å². The molecule has 1 unspecified atom stereocenters. The van der Waals surface area contributed by atoms with Crippen LogP contribution in [0.1, 0.15) is 37.4 Å². The first kappa shape index (κ1) is 14.6. The van der Waals surface area contributed by atoms with Gasteiger partial charge in [0.25, 0.3) is 0 Å². The Balaban J connectivity index is 2.34. The Hall–Kier alpha value is -0.770. The number of likely N-dealkylation sites (N-methyl/N-ethyl adjacent to an activating group) is 1. The quantitative estimate of drug-likeness (QED) is 0.921. The van der Waals surface area contributed by atoms with Gasteiger partial charge in [-0.15, -0.1) is 0 Å². The molecule has 1 atom stereocenters. The third-order valence-corrected chi connectivity index (χ3v) is 4.67. The topological polar surface area (TPSA) is 32.7 Å². The third-order valence-electron chi connectivity index (χ3n) is 4.36. The maximum absolute atomic E-state index is 10.8. The summed E-state index contributed by atoms with van der Waals surface area (Å²) in [5.74, 6) is 0.616. The molecule has 0 aliphatic heterocycles. The number of benzene rings is 1. The van der Waals surface area contributed by atoms with Gasteiger partial charge in [-0.1, -0.05) is 30.5 Å². The Labute approximate surface area is 120 Å². The molecule has 0 radical (unpaired) electrons. The van der Waals surface area contributed by atoms with E-state index in [9.17, 15) is 5.11 Å². The summed E-state index contributed by atoms with van der Waals surface area (Å²) in [4.78, 5) is 2.16. The second kappa shape index (κ2) is 5.70. The van der Waals surface area contributed by atoms with Crippen LogP contribution in [0.25, 0.3) is 0 Å². The predicted molar refractivity (Wildman–Crippen MR) is 77.8 cm³/mol. The zero-order valence-electron chi connectivity index (χ0n) is 11.8. The zero-order chi connectivity index (χ0) is 14.0. The Morgan fingerprint density at radius 2 is 1.95 bits per heavy atom. The van der Waals surface area contributed by atoms with Gasteiger partial charge in [0.1, 0.15) is 5.75 Å². The molecule has 0 saturated heterocycles. The number of rotatable bonds is 4. The lowest BCUT2D eigenvalue weighted by atomic mass is 9.84. The maximum atomic E-state index is 10.8. The molecule has 1 aliphatic carbocycles. The van der Waals surface area contributed by atoms with Crippen LogP contribution in [0.5, 0.6) is 5.75 Å². The van der Waals surface area contributed by atoms with Gasteiger partial charge in [-0.3, -0.25) is 0 Å². The predicted octanol–water partition coefficient (Wildman–Crippen LogP) is 3.26. The van der Waals surface area contributed by atoms with E-state index in [2.05, 4.69) is 4.90 Å². The molecule has 19 heavy (non-hydrogen) atoms. The van der Waals surface area contributed by atoms with Crippen molar-refractivity contribution in [2.75, 3.05) is 21.2 Å². The minimum atomic E-state index is -0.517. The van der Waals surface area contributed by atoms with Crippen LogP contribution in [-0.2, 0) is 0 Å². The maximum Gasteiger partial charge on any atom is 0.137 e. The van der Waals surface area contributed by atoms with Crippen LogP contribution in [0.15, 0.2) is 18.2 Å². The minimum Gasteiger partial charge on any atom is -0.495 e. The molecule has 0 bridgehead atoms. The monoisotopic (exact) mass is 283 g/mol. The van der Waals surface area contributed by atoms with Crippen molar-refractivity contribution in [1.29, 1.82) is 0 Å². The van der Waals surface area contributed by atoms with E-state index in [1.807, 2.05) is 26.2 Å². The van der Waals surface area contributed by atoms with Gasteiger partial charge in [0.15, 0.2) is 0 Å². The van der Waals surface area contributed by atoms with E-state index in [1.54, 1.807) is 13.2 Å². The van der Waals surface area contributed by atoms with Crippen molar-refractivity contribution in [3.05, 3.63) is 28.8 Å². The molecular formula is C15H22ClNO2. The van der Waals surface area contributed by atoms with Crippen molar-refractivity contribution in [2.24, 2.45) is 0 Å². The lowest BCUT2D eigenvalue weighted by Gasteiger charge is -2.40. The van der Waals surface area contributed by atoms with Crippen LogP contribution in [-0.4, -0.2) is 36.8 Å². The molecule has 1 aliphatic rings. The van der Waals surface area contributed by atoms with E-state index < -0.39 is 6.10 Å². The molecule has 4 heteroatoms. The molecule has 0 aromatic heterocycles. The van der Waals surface area contributed by atoms with Gasteiger partial charge >= 0.3 is 0 Å². The molecular weight excluding hydrogens is 262 g/mol. The van der Waals surface area contributed by atoms with Crippen molar-refractivity contribution in [3.63, 3.8) is 0 Å². The highest BCUT2D eigenvalue weighted by Crippen LogP contribution is 2.44. The van der Waals surface area contributed by atoms with Gasteiger partial charge in [0, 0.05) is 0 Å². The second-order valence-electron chi connectivity index (χ2n) is 5.50. The first-order chi connectivity index (χ1) is 9.01. The molecule has 0 heterocycles. The Kier molecular flexibility index (Phi) is 4.39. The van der Waals surface area contributed by atoms with Crippen LogP contribution in [0.2, 0.25) is 5.02 Å². The van der Waals surface area contributed by atoms with Gasteiger partial charge in [-0.05, 0) is 44.6 Å². The molecule has 1 aromatic rings. The van der Waals surface area contributed by atoms with Gasteiger partial charge in [0.2, 0.25) is 0 Å². The van der Waals surface area contributed by atoms with Crippen molar-refractivity contribution >= 4 is 11.6 Å². The molecule has 2 rings (SSSR count). The van der Waals surface area contributed by atoms with Gasteiger partial charge in [0.05, 0.1) is 23.8 Å². The number of aliphatic hydroxyl groups excluding tert-OH is 1. The van der Waals surface area contributed by atoms with E-state index >= 15 is 0 Å². The Morgan fingerprint density at radius 3 is 2.47 bits per heavy atom. The molecule has 0 spiro atoms. The number of hydrogen-bond donors (Lipinski definition) is 1. The standard InChI is InChI=1S/C15H22ClNO2/c1-17(2)15(8-4-5-9-15)14(18)11-6-7-12(16)13(10-11)19-3/h6-7,10,14,18H,4-5,8-9H2,1-3H3. The third kappa shape index (κ3) is 2.60. The summed E-state index contributed by atoms with van der Waals surface area (Å²) in [6.45, 7) is 0. The number of ether oxygens (including phenoxy) is 1. The molecule has 1 saturated carbocycles. The van der Waals surface area contributed by atoms with Crippen molar-refractivity contribution < 1.29 is 9.84 Å². The highest BCUT2D eigenvalue weighted by Gasteiger charge is 2.43. The van der Waals surface area contributed by atoms with Gasteiger partial charge < -0.3 is 14.7 Å². The molecule has 1 aromatic carbocycles. The van der Waals surface area contributed by atoms with Crippen LogP contribution in [0.3, 0.4) is 0 Å². The fourth-order valence-corrected chi connectivity index (χ4v) is 3.30. The van der Waals surface area contributed by atoms with E-state index in [1.165, 1.54) is 12.8 Å². The number of halogens is 1. The summed E-state index contributed by atoms with van der Waals surface area (Å²) in [6.07, 6.45) is 3.86. The SMILES string of the molecule is COc1cc(C(O)C2(N(C)C)CCCC2)ccc1Cl. The molecule has 1 fully saturated rings. The summed E-state index contributed by atoms with van der Waals surface area (Å²) in [7, 11) is 5.68. The Bertz CT molecular complexity index is 442. The highest BCUT2D eigenvalue weighted by atomic mass is 35.5. The fraction of sp³-hybridized carbons (Fsp3) is 0.600. The first-order valence-corrected chi connectivity index (χ1v) is 7.08. The van der Waals surface area contributed by atoms with E-state index in [0.717, 1.165) is 18.4 Å². The number of methoxy groups -OCH3 is 1. The van der Waals surface area contributed by atoms with Gasteiger partial charge in [-0.2, -0.15) is 0 Å². The van der Waals surface area contributed by atoms with E-state index in [0.29, 0.717) is 10.8 Å². The molecule has 0 amide bonds. The van der Waals surface area contributed by atoms with E-state index in [-0.39, 0.29) is 5.54 Å².